The maximum atomic E-state index is 11.4. The topological polar surface area (TPSA) is 92.3 Å². The van der Waals surface area contributed by atoms with E-state index in [1.807, 2.05) is 19.1 Å². The molecule has 98 valence electrons. The molecule has 1 aromatic carbocycles. The van der Waals surface area contributed by atoms with Gasteiger partial charge in [-0.2, -0.15) is 0 Å². The van der Waals surface area contributed by atoms with Crippen LogP contribution in [0.1, 0.15) is 21.7 Å². The molecule has 2 aromatic rings. The molecule has 1 heterocycles. The number of benzene rings is 1. The number of carboxylic acid groups (broad SMARTS) is 1. The Balaban J connectivity index is 2.08. The summed E-state index contributed by atoms with van der Waals surface area (Å²) in [7, 11) is 0. The van der Waals surface area contributed by atoms with Gasteiger partial charge in [-0.1, -0.05) is 17.7 Å². The first-order valence-electron chi connectivity index (χ1n) is 5.57. The van der Waals surface area contributed by atoms with Crippen LogP contribution in [0.4, 0.5) is 0 Å². The highest BCUT2D eigenvalue weighted by atomic mass is 16.5. The van der Waals surface area contributed by atoms with Gasteiger partial charge >= 0.3 is 5.97 Å². The third kappa shape index (κ3) is 3.19. The van der Waals surface area contributed by atoms with E-state index in [1.165, 1.54) is 0 Å². The number of H-pyrrole nitrogens is 1. The number of hydrogen-bond donors (Lipinski definition) is 2. The summed E-state index contributed by atoms with van der Waals surface area (Å²) in [6.45, 7) is 2.03. The number of nitrogens with zero attached hydrogens (tertiary/aromatic N) is 1. The molecule has 0 aliphatic carbocycles. The predicted octanol–water partition coefficient (Wildman–Crippen LogP) is 1.36. The number of hydrogen-bond acceptors (Lipinski definition) is 4. The van der Waals surface area contributed by atoms with Gasteiger partial charge in [0.1, 0.15) is 23.7 Å². The molecule has 6 heteroatoms. The molecular formula is C13H12N2O4. The summed E-state index contributed by atoms with van der Waals surface area (Å²) in [5.74, 6) is -0.383. The number of ether oxygens (including phenoxy) is 1. The van der Waals surface area contributed by atoms with Gasteiger partial charge in [-0.25, -0.2) is 9.78 Å². The lowest BCUT2D eigenvalue weighted by Gasteiger charge is -2.05. The van der Waals surface area contributed by atoms with E-state index in [0.29, 0.717) is 5.75 Å². The zero-order chi connectivity index (χ0) is 13.8. The minimum Gasteiger partial charge on any atom is -0.486 e. The van der Waals surface area contributed by atoms with Crippen LogP contribution in [-0.2, 0) is 6.61 Å². The highest BCUT2D eigenvalue weighted by Gasteiger charge is 2.09. The van der Waals surface area contributed by atoms with Crippen LogP contribution in [0.2, 0.25) is 0 Å². The second kappa shape index (κ2) is 5.34. The molecule has 6 nitrogen and oxygen atoms in total. The fourth-order valence-corrected chi connectivity index (χ4v) is 1.44. The second-order valence-electron chi connectivity index (χ2n) is 3.98. The van der Waals surface area contributed by atoms with Gasteiger partial charge in [0.25, 0.3) is 5.56 Å². The summed E-state index contributed by atoms with van der Waals surface area (Å²) in [6, 6.07) is 7.41. The van der Waals surface area contributed by atoms with Gasteiger partial charge in [-0.05, 0) is 19.1 Å². The monoisotopic (exact) mass is 260 g/mol. The SMILES string of the molecule is Cc1ccc(OCc2ncc(C(=O)O)c(=O)[nH]2)cc1. The Labute approximate surface area is 108 Å². The molecule has 0 fully saturated rings. The highest BCUT2D eigenvalue weighted by molar-refractivity contribution is 5.86. The van der Waals surface area contributed by atoms with E-state index in [1.54, 1.807) is 12.1 Å². The molecule has 0 radical (unpaired) electrons. The molecule has 19 heavy (non-hydrogen) atoms. The van der Waals surface area contributed by atoms with Crippen LogP contribution in [0.15, 0.2) is 35.3 Å². The fourth-order valence-electron chi connectivity index (χ4n) is 1.44. The average molecular weight is 260 g/mol. The van der Waals surface area contributed by atoms with E-state index in [-0.39, 0.29) is 18.0 Å². The van der Waals surface area contributed by atoms with Gasteiger partial charge in [0.2, 0.25) is 0 Å². The summed E-state index contributed by atoms with van der Waals surface area (Å²) in [4.78, 5) is 28.3. The van der Waals surface area contributed by atoms with E-state index < -0.39 is 11.5 Å². The molecule has 1 aromatic heterocycles. The number of rotatable bonds is 4. The normalized spacial score (nSPS) is 10.2. The number of aromatic nitrogens is 2. The lowest BCUT2D eigenvalue weighted by molar-refractivity contribution is 0.0694. The first kappa shape index (κ1) is 12.8. The summed E-state index contributed by atoms with van der Waals surface area (Å²) < 4.78 is 5.42. The lowest BCUT2D eigenvalue weighted by Crippen LogP contribution is -2.20. The lowest BCUT2D eigenvalue weighted by atomic mass is 10.2. The smallest absolute Gasteiger partial charge is 0.342 e. The molecule has 0 amide bonds. The van der Waals surface area contributed by atoms with Crippen molar-refractivity contribution in [3.05, 3.63) is 57.8 Å². The van der Waals surface area contributed by atoms with Crippen LogP contribution in [0.3, 0.4) is 0 Å². The number of aromatic amines is 1. The molecule has 0 unspecified atom stereocenters. The van der Waals surface area contributed by atoms with Crippen molar-refractivity contribution in [2.24, 2.45) is 0 Å². The summed E-state index contributed by atoms with van der Waals surface area (Å²) in [6.07, 6.45) is 1.02. The molecule has 0 atom stereocenters. The molecule has 0 saturated heterocycles. The summed E-state index contributed by atoms with van der Waals surface area (Å²) in [5.41, 5.74) is 0.0359. The first-order valence-corrected chi connectivity index (χ1v) is 5.57. The number of carboxylic acids is 1. The van der Waals surface area contributed by atoms with Crippen LogP contribution < -0.4 is 10.3 Å². The van der Waals surface area contributed by atoms with Crippen LogP contribution >= 0.6 is 0 Å². The minimum atomic E-state index is -1.31. The van der Waals surface area contributed by atoms with Gasteiger partial charge in [0.15, 0.2) is 0 Å². The molecule has 0 aliphatic rings. The Morgan fingerprint density at radius 2 is 2.05 bits per heavy atom. The molecular weight excluding hydrogens is 248 g/mol. The fraction of sp³-hybridized carbons (Fsp3) is 0.154. The van der Waals surface area contributed by atoms with Gasteiger partial charge in [0.05, 0.1) is 0 Å². The van der Waals surface area contributed by atoms with E-state index in [2.05, 4.69) is 9.97 Å². The first-order chi connectivity index (χ1) is 9.06. The van der Waals surface area contributed by atoms with Crippen molar-refractivity contribution in [2.75, 3.05) is 0 Å². The van der Waals surface area contributed by atoms with E-state index in [4.69, 9.17) is 9.84 Å². The summed E-state index contributed by atoms with van der Waals surface area (Å²) >= 11 is 0. The maximum absolute atomic E-state index is 11.4. The predicted molar refractivity (Wildman–Crippen MR) is 67.3 cm³/mol. The summed E-state index contributed by atoms with van der Waals surface area (Å²) in [5, 5.41) is 8.70. The molecule has 0 aliphatic heterocycles. The third-order valence-corrected chi connectivity index (χ3v) is 2.48. The van der Waals surface area contributed by atoms with Gasteiger partial charge in [0, 0.05) is 6.20 Å². The van der Waals surface area contributed by atoms with Crippen molar-refractivity contribution in [2.45, 2.75) is 13.5 Å². The van der Waals surface area contributed by atoms with Crippen LogP contribution in [0.25, 0.3) is 0 Å². The minimum absolute atomic E-state index is 0.0677. The van der Waals surface area contributed by atoms with Gasteiger partial charge < -0.3 is 14.8 Å². The zero-order valence-corrected chi connectivity index (χ0v) is 10.2. The van der Waals surface area contributed by atoms with Crippen LogP contribution in [0.5, 0.6) is 5.75 Å². The highest BCUT2D eigenvalue weighted by Crippen LogP contribution is 2.12. The van der Waals surface area contributed by atoms with Crippen molar-refractivity contribution < 1.29 is 14.6 Å². The average Bonchev–Trinajstić information content (AvgIpc) is 2.37. The third-order valence-electron chi connectivity index (χ3n) is 2.48. The number of aromatic carboxylic acids is 1. The zero-order valence-electron chi connectivity index (χ0n) is 10.2. The molecule has 0 bridgehead atoms. The van der Waals surface area contributed by atoms with E-state index in [9.17, 15) is 9.59 Å². The Bertz CT molecular complexity index is 646. The Morgan fingerprint density at radius 3 is 2.63 bits per heavy atom. The number of nitrogens with one attached hydrogen (secondary N) is 1. The van der Waals surface area contributed by atoms with Crippen molar-refractivity contribution >= 4 is 5.97 Å². The number of carbonyl (C=O) groups is 1. The molecule has 0 saturated carbocycles. The van der Waals surface area contributed by atoms with E-state index in [0.717, 1.165) is 11.8 Å². The standard InChI is InChI=1S/C13H12N2O4/c1-8-2-4-9(5-3-8)19-7-11-14-6-10(13(17)18)12(16)15-11/h2-6H,7H2,1H3,(H,17,18)(H,14,15,16). The van der Waals surface area contributed by atoms with E-state index >= 15 is 0 Å². The largest absolute Gasteiger partial charge is 0.486 e. The van der Waals surface area contributed by atoms with Crippen molar-refractivity contribution in [3.63, 3.8) is 0 Å². The van der Waals surface area contributed by atoms with Gasteiger partial charge in [-0.15, -0.1) is 0 Å². The maximum Gasteiger partial charge on any atom is 0.342 e. The van der Waals surface area contributed by atoms with Crippen molar-refractivity contribution in [3.8, 4) is 5.75 Å². The quantitative estimate of drug-likeness (QED) is 0.865. The van der Waals surface area contributed by atoms with Crippen LogP contribution in [0, 0.1) is 6.92 Å². The Hall–Kier alpha value is -2.63. The molecule has 0 spiro atoms. The van der Waals surface area contributed by atoms with Crippen molar-refractivity contribution in [1.29, 1.82) is 0 Å². The second-order valence-corrected chi connectivity index (χ2v) is 3.98. The molecule has 2 N–H and O–H groups in total. The Kier molecular flexibility index (Phi) is 3.61. The Morgan fingerprint density at radius 1 is 1.37 bits per heavy atom. The van der Waals surface area contributed by atoms with Gasteiger partial charge in [-0.3, -0.25) is 4.79 Å². The van der Waals surface area contributed by atoms with Crippen LogP contribution in [-0.4, -0.2) is 21.0 Å². The molecule has 2 rings (SSSR count). The van der Waals surface area contributed by atoms with Crippen molar-refractivity contribution in [1.82, 2.24) is 9.97 Å². The number of aryl methyl sites for hydroxylation is 1.